The third kappa shape index (κ3) is 5.27. The van der Waals surface area contributed by atoms with Gasteiger partial charge in [0.2, 0.25) is 10.0 Å². The largest absolute Gasteiger partial charge is 0.316 e. The van der Waals surface area contributed by atoms with Gasteiger partial charge in [-0.1, -0.05) is 19.8 Å². The summed E-state index contributed by atoms with van der Waals surface area (Å²) in [6.45, 7) is 5.64. The predicted molar refractivity (Wildman–Crippen MR) is 66.9 cm³/mol. The maximum Gasteiger partial charge on any atom is 0.215 e. The first-order valence-corrected chi connectivity index (χ1v) is 7.80. The number of rotatable bonds is 9. The molecule has 0 amide bonds. The van der Waals surface area contributed by atoms with Crippen LogP contribution in [0, 0.1) is 5.92 Å². The summed E-state index contributed by atoms with van der Waals surface area (Å²) in [5.74, 6) is 0.878. The van der Waals surface area contributed by atoms with E-state index in [1.54, 1.807) is 6.92 Å². The molecule has 0 bridgehead atoms. The third-order valence-corrected chi connectivity index (χ3v) is 4.83. The lowest BCUT2D eigenvalue weighted by molar-refractivity contribution is 0.553. The molecule has 1 atom stereocenters. The molecule has 1 aliphatic rings. The van der Waals surface area contributed by atoms with E-state index in [1.807, 2.05) is 6.92 Å². The van der Waals surface area contributed by atoms with Crippen LogP contribution in [0.15, 0.2) is 0 Å². The van der Waals surface area contributed by atoms with Crippen LogP contribution >= 0.6 is 0 Å². The standard InChI is InChI=1S/C11H24N2O2S/c1-3-12-9-10(2)16(14,15)13-8-4-5-11-6-7-11/h10-13H,3-9H2,1-2H3. The summed E-state index contributed by atoms with van der Waals surface area (Å²) in [5, 5.41) is 2.70. The lowest BCUT2D eigenvalue weighted by Gasteiger charge is -2.14. The van der Waals surface area contributed by atoms with Crippen LogP contribution in [0.5, 0.6) is 0 Å². The fourth-order valence-electron chi connectivity index (χ4n) is 1.61. The molecular weight excluding hydrogens is 224 g/mol. The lowest BCUT2D eigenvalue weighted by atomic mass is 10.2. The van der Waals surface area contributed by atoms with E-state index in [1.165, 1.54) is 19.3 Å². The zero-order valence-corrected chi connectivity index (χ0v) is 11.1. The molecule has 0 aromatic rings. The molecule has 16 heavy (non-hydrogen) atoms. The van der Waals surface area contributed by atoms with Gasteiger partial charge in [0.05, 0.1) is 5.25 Å². The molecule has 1 unspecified atom stereocenters. The van der Waals surface area contributed by atoms with Crippen LogP contribution in [0.3, 0.4) is 0 Å². The fraction of sp³-hybridized carbons (Fsp3) is 1.00. The Kier molecular flexibility index (Phi) is 5.72. The minimum atomic E-state index is -3.12. The Morgan fingerprint density at radius 1 is 1.38 bits per heavy atom. The summed E-state index contributed by atoms with van der Waals surface area (Å²) in [6.07, 6.45) is 4.81. The topological polar surface area (TPSA) is 58.2 Å². The van der Waals surface area contributed by atoms with Crippen LogP contribution in [0.2, 0.25) is 0 Å². The maximum absolute atomic E-state index is 11.7. The van der Waals surface area contributed by atoms with Crippen molar-refractivity contribution in [3.63, 3.8) is 0 Å². The van der Waals surface area contributed by atoms with Gasteiger partial charge in [-0.2, -0.15) is 0 Å². The molecular formula is C11H24N2O2S. The minimum absolute atomic E-state index is 0.353. The second kappa shape index (κ2) is 6.57. The van der Waals surface area contributed by atoms with E-state index in [2.05, 4.69) is 10.0 Å². The van der Waals surface area contributed by atoms with Crippen LogP contribution in [-0.4, -0.2) is 33.3 Å². The fourth-order valence-corrected chi connectivity index (χ4v) is 2.66. The van der Waals surface area contributed by atoms with Gasteiger partial charge in [0.25, 0.3) is 0 Å². The molecule has 1 fully saturated rings. The van der Waals surface area contributed by atoms with E-state index in [0.717, 1.165) is 18.9 Å². The van der Waals surface area contributed by atoms with Crippen molar-refractivity contribution in [2.45, 2.75) is 44.8 Å². The Hall–Kier alpha value is -0.130. The molecule has 0 aromatic carbocycles. The van der Waals surface area contributed by atoms with Gasteiger partial charge in [-0.05, 0) is 32.2 Å². The van der Waals surface area contributed by atoms with Crippen LogP contribution < -0.4 is 10.0 Å². The highest BCUT2D eigenvalue weighted by atomic mass is 32.2. The summed E-state index contributed by atoms with van der Waals surface area (Å²) >= 11 is 0. The van der Waals surface area contributed by atoms with Crippen LogP contribution in [-0.2, 0) is 10.0 Å². The Morgan fingerprint density at radius 2 is 2.06 bits per heavy atom. The Labute approximate surface area is 99.2 Å². The number of hydrogen-bond donors (Lipinski definition) is 2. The van der Waals surface area contributed by atoms with Crippen molar-refractivity contribution < 1.29 is 8.42 Å². The van der Waals surface area contributed by atoms with Gasteiger partial charge in [0.1, 0.15) is 0 Å². The maximum atomic E-state index is 11.7. The monoisotopic (exact) mass is 248 g/mol. The first-order chi connectivity index (χ1) is 7.56. The summed E-state index contributed by atoms with van der Waals surface area (Å²) in [7, 11) is -3.12. The van der Waals surface area contributed by atoms with Gasteiger partial charge in [0, 0.05) is 13.1 Å². The molecule has 0 aliphatic heterocycles. The van der Waals surface area contributed by atoms with E-state index < -0.39 is 10.0 Å². The Bertz CT molecular complexity index is 286. The van der Waals surface area contributed by atoms with Crippen molar-refractivity contribution in [3.8, 4) is 0 Å². The van der Waals surface area contributed by atoms with Crippen molar-refractivity contribution in [1.29, 1.82) is 0 Å². The van der Waals surface area contributed by atoms with Crippen LogP contribution in [0.25, 0.3) is 0 Å². The molecule has 1 rings (SSSR count). The van der Waals surface area contributed by atoms with E-state index in [4.69, 9.17) is 0 Å². The number of hydrogen-bond acceptors (Lipinski definition) is 3. The van der Waals surface area contributed by atoms with Crippen molar-refractivity contribution >= 4 is 10.0 Å². The summed E-state index contributed by atoms with van der Waals surface area (Å²) in [6, 6.07) is 0. The van der Waals surface area contributed by atoms with E-state index in [-0.39, 0.29) is 5.25 Å². The molecule has 0 aromatic heterocycles. The zero-order valence-electron chi connectivity index (χ0n) is 10.3. The highest BCUT2D eigenvalue weighted by Crippen LogP contribution is 2.33. The third-order valence-electron chi connectivity index (χ3n) is 3.00. The molecule has 1 aliphatic carbocycles. The number of sulfonamides is 1. The molecule has 2 N–H and O–H groups in total. The average molecular weight is 248 g/mol. The van der Waals surface area contributed by atoms with Crippen molar-refractivity contribution in [3.05, 3.63) is 0 Å². The van der Waals surface area contributed by atoms with E-state index >= 15 is 0 Å². The summed E-state index contributed by atoms with van der Waals surface area (Å²) < 4.78 is 26.2. The first kappa shape index (κ1) is 13.9. The second-order valence-electron chi connectivity index (χ2n) is 4.64. The highest BCUT2D eigenvalue weighted by molar-refractivity contribution is 7.90. The van der Waals surface area contributed by atoms with Gasteiger partial charge in [-0.15, -0.1) is 0 Å². The summed E-state index contributed by atoms with van der Waals surface area (Å²) in [4.78, 5) is 0. The smallest absolute Gasteiger partial charge is 0.215 e. The van der Waals surface area contributed by atoms with Gasteiger partial charge < -0.3 is 5.32 Å². The number of nitrogens with one attached hydrogen (secondary N) is 2. The zero-order chi connectivity index (χ0) is 12.0. The minimum Gasteiger partial charge on any atom is -0.316 e. The molecule has 0 saturated heterocycles. The normalized spacial score (nSPS) is 18.6. The van der Waals surface area contributed by atoms with Crippen molar-refractivity contribution in [2.75, 3.05) is 19.6 Å². The van der Waals surface area contributed by atoms with Gasteiger partial charge in [-0.25, -0.2) is 13.1 Å². The van der Waals surface area contributed by atoms with Gasteiger partial charge >= 0.3 is 0 Å². The Morgan fingerprint density at radius 3 is 2.62 bits per heavy atom. The van der Waals surface area contributed by atoms with E-state index in [0.29, 0.717) is 13.1 Å². The summed E-state index contributed by atoms with van der Waals surface area (Å²) in [5.41, 5.74) is 0. The molecule has 4 nitrogen and oxygen atoms in total. The Balaban J connectivity index is 2.15. The average Bonchev–Trinajstić information content (AvgIpc) is 3.04. The van der Waals surface area contributed by atoms with Gasteiger partial charge in [-0.3, -0.25) is 0 Å². The van der Waals surface area contributed by atoms with Crippen LogP contribution in [0.1, 0.15) is 39.5 Å². The van der Waals surface area contributed by atoms with Crippen LogP contribution in [0.4, 0.5) is 0 Å². The molecule has 96 valence electrons. The highest BCUT2D eigenvalue weighted by Gasteiger charge is 2.22. The molecule has 0 heterocycles. The van der Waals surface area contributed by atoms with Crippen molar-refractivity contribution in [2.24, 2.45) is 5.92 Å². The molecule has 0 spiro atoms. The van der Waals surface area contributed by atoms with E-state index in [9.17, 15) is 8.42 Å². The van der Waals surface area contributed by atoms with Gasteiger partial charge in [0.15, 0.2) is 0 Å². The first-order valence-electron chi connectivity index (χ1n) is 6.25. The molecule has 5 heteroatoms. The second-order valence-corrected chi connectivity index (χ2v) is 6.83. The molecule has 1 saturated carbocycles. The lowest BCUT2D eigenvalue weighted by Crippen LogP contribution is -2.39. The quantitative estimate of drug-likeness (QED) is 0.601. The molecule has 0 radical (unpaired) electrons. The predicted octanol–water partition coefficient (Wildman–Crippen LogP) is 1.09. The SMILES string of the molecule is CCNCC(C)S(=O)(=O)NCCCC1CC1. The van der Waals surface area contributed by atoms with Crippen molar-refractivity contribution in [1.82, 2.24) is 10.0 Å².